The first kappa shape index (κ1) is 13.2. The summed E-state index contributed by atoms with van der Waals surface area (Å²) >= 11 is 0. The van der Waals surface area contributed by atoms with Crippen molar-refractivity contribution in [2.24, 2.45) is 5.73 Å². The zero-order valence-electron chi connectivity index (χ0n) is 11.4. The third-order valence-corrected chi connectivity index (χ3v) is 3.66. The van der Waals surface area contributed by atoms with Crippen molar-refractivity contribution < 1.29 is 9.59 Å². The van der Waals surface area contributed by atoms with E-state index in [4.69, 9.17) is 11.5 Å². The Bertz CT molecular complexity index is 740. The lowest BCUT2D eigenvalue weighted by Gasteiger charge is -2.17. The second-order valence-corrected chi connectivity index (χ2v) is 5.10. The third-order valence-electron chi connectivity index (χ3n) is 3.66. The van der Waals surface area contributed by atoms with Crippen LogP contribution >= 0.6 is 0 Å². The first-order valence-corrected chi connectivity index (χ1v) is 6.61. The van der Waals surface area contributed by atoms with E-state index in [0.29, 0.717) is 29.9 Å². The number of anilines is 1. The SMILES string of the molecule is NC(=O)c1ccccc1CN1Cc2ccc(N)cc2C1=O. The van der Waals surface area contributed by atoms with Gasteiger partial charge >= 0.3 is 0 Å². The lowest BCUT2D eigenvalue weighted by atomic mass is 10.1. The molecule has 1 aliphatic heterocycles. The Hall–Kier alpha value is -2.82. The quantitative estimate of drug-likeness (QED) is 0.836. The Labute approximate surface area is 122 Å². The predicted molar refractivity (Wildman–Crippen MR) is 79.4 cm³/mol. The summed E-state index contributed by atoms with van der Waals surface area (Å²) in [5.74, 6) is -0.560. The number of fused-ring (bicyclic) bond motifs is 1. The van der Waals surface area contributed by atoms with E-state index in [0.717, 1.165) is 11.1 Å². The number of nitrogen functional groups attached to an aromatic ring is 1. The van der Waals surface area contributed by atoms with Crippen LogP contribution in [0.15, 0.2) is 42.5 Å². The summed E-state index contributed by atoms with van der Waals surface area (Å²) < 4.78 is 0. The van der Waals surface area contributed by atoms with Crippen molar-refractivity contribution >= 4 is 17.5 Å². The number of primary amides is 1. The minimum absolute atomic E-state index is 0.0726. The summed E-state index contributed by atoms with van der Waals surface area (Å²) in [6, 6.07) is 12.4. The summed E-state index contributed by atoms with van der Waals surface area (Å²) in [4.78, 5) is 25.5. The number of nitrogens with zero attached hydrogens (tertiary/aromatic N) is 1. The van der Waals surface area contributed by atoms with Gasteiger partial charge in [0.15, 0.2) is 0 Å². The summed E-state index contributed by atoms with van der Waals surface area (Å²) in [6.07, 6.45) is 0. The second-order valence-electron chi connectivity index (χ2n) is 5.10. The molecule has 2 amide bonds. The first-order valence-electron chi connectivity index (χ1n) is 6.61. The van der Waals surface area contributed by atoms with E-state index in [1.807, 2.05) is 18.2 Å². The van der Waals surface area contributed by atoms with Gasteiger partial charge in [-0.1, -0.05) is 24.3 Å². The molecular weight excluding hydrogens is 266 g/mol. The number of carbonyl (C=O) groups excluding carboxylic acids is 2. The molecule has 2 aromatic rings. The molecule has 21 heavy (non-hydrogen) atoms. The van der Waals surface area contributed by atoms with Gasteiger partial charge in [0.05, 0.1) is 0 Å². The van der Waals surface area contributed by atoms with Crippen LogP contribution in [0, 0.1) is 0 Å². The molecule has 0 aromatic heterocycles. The van der Waals surface area contributed by atoms with Crippen molar-refractivity contribution in [1.29, 1.82) is 0 Å². The fourth-order valence-corrected chi connectivity index (χ4v) is 2.61. The molecule has 0 fully saturated rings. The van der Waals surface area contributed by atoms with E-state index >= 15 is 0 Å². The highest BCUT2D eigenvalue weighted by Gasteiger charge is 2.28. The summed E-state index contributed by atoms with van der Waals surface area (Å²) in [5.41, 5.74) is 14.4. The fourth-order valence-electron chi connectivity index (χ4n) is 2.61. The van der Waals surface area contributed by atoms with Crippen LogP contribution in [-0.4, -0.2) is 16.7 Å². The van der Waals surface area contributed by atoms with E-state index < -0.39 is 5.91 Å². The van der Waals surface area contributed by atoms with Crippen molar-refractivity contribution in [3.05, 3.63) is 64.7 Å². The number of rotatable bonds is 3. The predicted octanol–water partition coefficient (Wildman–Crippen LogP) is 1.52. The topological polar surface area (TPSA) is 89.4 Å². The van der Waals surface area contributed by atoms with Gasteiger partial charge < -0.3 is 16.4 Å². The minimum Gasteiger partial charge on any atom is -0.399 e. The third kappa shape index (κ3) is 2.33. The molecule has 0 bridgehead atoms. The molecule has 0 aliphatic carbocycles. The monoisotopic (exact) mass is 281 g/mol. The molecule has 2 aromatic carbocycles. The van der Waals surface area contributed by atoms with E-state index in [1.165, 1.54) is 0 Å². The Morgan fingerprint density at radius 1 is 1.19 bits per heavy atom. The molecule has 0 saturated carbocycles. The van der Waals surface area contributed by atoms with Crippen LogP contribution in [0.3, 0.4) is 0 Å². The van der Waals surface area contributed by atoms with E-state index in [1.54, 1.807) is 29.2 Å². The maximum Gasteiger partial charge on any atom is 0.254 e. The smallest absolute Gasteiger partial charge is 0.254 e. The number of hydrogen-bond acceptors (Lipinski definition) is 3. The van der Waals surface area contributed by atoms with Gasteiger partial charge in [-0.25, -0.2) is 0 Å². The number of amides is 2. The summed E-state index contributed by atoms with van der Waals surface area (Å²) in [6.45, 7) is 0.869. The van der Waals surface area contributed by atoms with Crippen molar-refractivity contribution in [3.63, 3.8) is 0 Å². The van der Waals surface area contributed by atoms with Crippen LogP contribution in [0.25, 0.3) is 0 Å². The second kappa shape index (κ2) is 4.94. The molecule has 0 radical (unpaired) electrons. The van der Waals surface area contributed by atoms with Gasteiger partial charge in [0.25, 0.3) is 5.91 Å². The maximum atomic E-state index is 12.4. The molecule has 4 N–H and O–H groups in total. The van der Waals surface area contributed by atoms with Crippen molar-refractivity contribution in [2.75, 3.05) is 5.73 Å². The van der Waals surface area contributed by atoms with Crippen LogP contribution in [0.2, 0.25) is 0 Å². The molecule has 1 aliphatic rings. The molecule has 0 atom stereocenters. The van der Waals surface area contributed by atoms with Crippen molar-refractivity contribution in [3.8, 4) is 0 Å². The first-order chi connectivity index (χ1) is 10.1. The minimum atomic E-state index is -0.487. The molecule has 3 rings (SSSR count). The van der Waals surface area contributed by atoms with Crippen LogP contribution in [0.1, 0.15) is 31.8 Å². The molecule has 0 saturated heterocycles. The average molecular weight is 281 g/mol. The molecule has 5 nitrogen and oxygen atoms in total. The van der Waals surface area contributed by atoms with Crippen LogP contribution in [0.4, 0.5) is 5.69 Å². The Morgan fingerprint density at radius 2 is 1.95 bits per heavy atom. The molecule has 1 heterocycles. The van der Waals surface area contributed by atoms with Gasteiger partial charge in [0, 0.05) is 29.9 Å². The number of hydrogen-bond donors (Lipinski definition) is 2. The maximum absolute atomic E-state index is 12.4. The highest BCUT2D eigenvalue weighted by molar-refractivity contribution is 5.99. The number of benzene rings is 2. The van der Waals surface area contributed by atoms with Gasteiger partial charge in [-0.05, 0) is 29.3 Å². The molecule has 0 spiro atoms. The summed E-state index contributed by atoms with van der Waals surface area (Å²) in [5, 5.41) is 0. The Balaban J connectivity index is 1.89. The lowest BCUT2D eigenvalue weighted by Crippen LogP contribution is -2.25. The van der Waals surface area contributed by atoms with Crippen LogP contribution in [-0.2, 0) is 13.1 Å². The number of nitrogens with two attached hydrogens (primary N) is 2. The molecular formula is C16H15N3O2. The molecule has 0 unspecified atom stereocenters. The molecule has 106 valence electrons. The highest BCUT2D eigenvalue weighted by atomic mass is 16.2. The van der Waals surface area contributed by atoms with Gasteiger partial charge in [0.2, 0.25) is 5.91 Å². The Kier molecular flexibility index (Phi) is 3.10. The largest absolute Gasteiger partial charge is 0.399 e. The Morgan fingerprint density at radius 3 is 2.71 bits per heavy atom. The van der Waals surface area contributed by atoms with Gasteiger partial charge in [-0.2, -0.15) is 0 Å². The zero-order valence-corrected chi connectivity index (χ0v) is 11.4. The van der Waals surface area contributed by atoms with E-state index in [2.05, 4.69) is 0 Å². The van der Waals surface area contributed by atoms with E-state index in [-0.39, 0.29) is 5.91 Å². The normalized spacial score (nSPS) is 13.3. The van der Waals surface area contributed by atoms with Crippen LogP contribution in [0.5, 0.6) is 0 Å². The van der Waals surface area contributed by atoms with Gasteiger partial charge in [-0.15, -0.1) is 0 Å². The van der Waals surface area contributed by atoms with Gasteiger partial charge in [0.1, 0.15) is 0 Å². The highest BCUT2D eigenvalue weighted by Crippen LogP contribution is 2.26. The molecule has 5 heteroatoms. The van der Waals surface area contributed by atoms with Crippen molar-refractivity contribution in [2.45, 2.75) is 13.1 Å². The van der Waals surface area contributed by atoms with E-state index in [9.17, 15) is 9.59 Å². The standard InChI is InChI=1S/C16H15N3O2/c17-12-6-5-11-9-19(16(21)14(11)7-12)8-10-3-1-2-4-13(10)15(18)20/h1-7H,8-9,17H2,(H2,18,20). The fraction of sp³-hybridized carbons (Fsp3) is 0.125. The zero-order chi connectivity index (χ0) is 15.0. The summed E-state index contributed by atoms with van der Waals surface area (Å²) in [7, 11) is 0. The lowest BCUT2D eigenvalue weighted by molar-refractivity contribution is 0.0764. The average Bonchev–Trinajstić information content (AvgIpc) is 2.76. The number of carbonyl (C=O) groups is 2. The van der Waals surface area contributed by atoms with Crippen LogP contribution < -0.4 is 11.5 Å². The van der Waals surface area contributed by atoms with Gasteiger partial charge in [-0.3, -0.25) is 9.59 Å². The van der Waals surface area contributed by atoms with Crippen molar-refractivity contribution in [1.82, 2.24) is 4.90 Å².